The number of halogens is 1. The van der Waals surface area contributed by atoms with Gasteiger partial charge < -0.3 is 9.47 Å². The van der Waals surface area contributed by atoms with Crippen LogP contribution in [0, 0.1) is 0 Å². The molecule has 0 N–H and O–H groups in total. The molecule has 5 nitrogen and oxygen atoms in total. The van der Waals surface area contributed by atoms with Crippen LogP contribution in [0.15, 0.2) is 28.7 Å². The minimum absolute atomic E-state index is 0.157. The topological polar surface area (TPSA) is 57.5 Å². The first-order valence-corrected chi connectivity index (χ1v) is 7.73. The van der Waals surface area contributed by atoms with Gasteiger partial charge in [-0.25, -0.2) is 14.2 Å². The van der Waals surface area contributed by atoms with Gasteiger partial charge in [0.15, 0.2) is 0 Å². The number of ether oxygens (including phenoxy) is 2. The largest absolute Gasteiger partial charge is 0.461 e. The van der Waals surface area contributed by atoms with Gasteiger partial charge >= 0.3 is 12.1 Å². The van der Waals surface area contributed by atoms with Gasteiger partial charge in [0.2, 0.25) is 0 Å². The number of carbonyl (C=O) groups is 2. The number of rotatable bonds is 2. The summed E-state index contributed by atoms with van der Waals surface area (Å²) < 4.78 is 12.5. The second kappa shape index (κ2) is 6.12. The highest BCUT2D eigenvalue weighted by Gasteiger charge is 2.25. The zero-order chi connectivity index (χ0) is 16.5. The Hall–Kier alpha value is -1.82. The standard InChI is InChI=1S/C16H18BrNO4/c1-5-21-14(19)13-8-10-6-7-11(17)9-12(10)18(13)15(20)22-16(2,3)4/h6-9H,5H2,1-4H3. The van der Waals surface area contributed by atoms with Gasteiger partial charge in [-0.15, -0.1) is 0 Å². The van der Waals surface area contributed by atoms with Crippen LogP contribution in [0.1, 0.15) is 38.2 Å². The van der Waals surface area contributed by atoms with Crippen molar-refractivity contribution in [2.75, 3.05) is 6.61 Å². The smallest absolute Gasteiger partial charge is 0.419 e. The lowest BCUT2D eigenvalue weighted by Gasteiger charge is -2.20. The monoisotopic (exact) mass is 367 g/mol. The maximum Gasteiger partial charge on any atom is 0.419 e. The minimum Gasteiger partial charge on any atom is -0.461 e. The van der Waals surface area contributed by atoms with Crippen molar-refractivity contribution >= 4 is 38.9 Å². The van der Waals surface area contributed by atoms with Crippen LogP contribution in [-0.4, -0.2) is 28.8 Å². The van der Waals surface area contributed by atoms with E-state index in [0.717, 1.165) is 9.86 Å². The molecule has 0 radical (unpaired) electrons. The molecule has 0 fully saturated rings. The molecular formula is C16H18BrNO4. The van der Waals surface area contributed by atoms with Crippen molar-refractivity contribution in [3.63, 3.8) is 0 Å². The zero-order valence-corrected chi connectivity index (χ0v) is 14.6. The summed E-state index contributed by atoms with van der Waals surface area (Å²) in [4.78, 5) is 24.6. The number of carbonyl (C=O) groups excluding carboxylic acids is 2. The summed E-state index contributed by atoms with van der Waals surface area (Å²) in [5, 5.41) is 0.761. The first-order chi connectivity index (χ1) is 10.2. The van der Waals surface area contributed by atoms with Crippen LogP contribution in [-0.2, 0) is 9.47 Å². The summed E-state index contributed by atoms with van der Waals surface area (Å²) >= 11 is 3.37. The Kier molecular flexibility index (Phi) is 4.60. The van der Waals surface area contributed by atoms with Gasteiger partial charge in [-0.1, -0.05) is 22.0 Å². The highest BCUT2D eigenvalue weighted by Crippen LogP contribution is 2.25. The summed E-state index contributed by atoms with van der Waals surface area (Å²) in [7, 11) is 0. The second-order valence-corrected chi connectivity index (χ2v) is 6.68. The normalized spacial score (nSPS) is 11.5. The number of fused-ring (bicyclic) bond motifs is 1. The molecule has 0 spiro atoms. The Balaban J connectivity index is 2.61. The van der Waals surface area contributed by atoms with E-state index >= 15 is 0 Å². The summed E-state index contributed by atoms with van der Waals surface area (Å²) in [5.41, 5.74) is 0.0851. The van der Waals surface area contributed by atoms with Crippen LogP contribution in [0.25, 0.3) is 10.9 Å². The number of benzene rings is 1. The molecule has 118 valence electrons. The average Bonchev–Trinajstić information content (AvgIpc) is 2.75. The molecule has 0 aliphatic rings. The van der Waals surface area contributed by atoms with Crippen molar-refractivity contribution < 1.29 is 19.1 Å². The van der Waals surface area contributed by atoms with Crippen molar-refractivity contribution in [2.24, 2.45) is 0 Å². The Morgan fingerprint density at radius 2 is 1.91 bits per heavy atom. The van der Waals surface area contributed by atoms with Crippen molar-refractivity contribution in [2.45, 2.75) is 33.3 Å². The highest BCUT2D eigenvalue weighted by molar-refractivity contribution is 9.10. The van der Waals surface area contributed by atoms with Crippen molar-refractivity contribution in [3.8, 4) is 0 Å². The second-order valence-electron chi connectivity index (χ2n) is 5.77. The van der Waals surface area contributed by atoms with E-state index in [4.69, 9.17) is 9.47 Å². The molecule has 6 heteroatoms. The molecule has 0 atom stereocenters. The minimum atomic E-state index is -0.661. The molecule has 0 unspecified atom stereocenters. The van der Waals surface area contributed by atoms with Crippen LogP contribution < -0.4 is 0 Å². The predicted octanol–water partition coefficient (Wildman–Crippen LogP) is 4.36. The van der Waals surface area contributed by atoms with Gasteiger partial charge in [0, 0.05) is 9.86 Å². The molecule has 0 saturated carbocycles. The first kappa shape index (κ1) is 16.5. The van der Waals surface area contributed by atoms with Crippen LogP contribution in [0.5, 0.6) is 0 Å². The number of hydrogen-bond acceptors (Lipinski definition) is 4. The van der Waals surface area contributed by atoms with E-state index in [1.165, 1.54) is 4.57 Å². The van der Waals surface area contributed by atoms with Crippen LogP contribution in [0.4, 0.5) is 4.79 Å². The summed E-state index contributed by atoms with van der Waals surface area (Å²) in [5.74, 6) is -0.555. The lowest BCUT2D eigenvalue weighted by molar-refractivity contribution is 0.0454. The summed E-state index contributed by atoms with van der Waals surface area (Å²) in [6, 6.07) is 7.06. The lowest BCUT2D eigenvalue weighted by atomic mass is 10.2. The molecule has 2 rings (SSSR count). The molecule has 0 aliphatic heterocycles. The van der Waals surface area contributed by atoms with Gasteiger partial charge in [0.25, 0.3) is 0 Å². The van der Waals surface area contributed by atoms with Gasteiger partial charge in [-0.2, -0.15) is 0 Å². The number of aromatic nitrogens is 1. The van der Waals surface area contributed by atoms with E-state index in [-0.39, 0.29) is 12.3 Å². The highest BCUT2D eigenvalue weighted by atomic mass is 79.9. The first-order valence-electron chi connectivity index (χ1n) is 6.94. The molecule has 0 saturated heterocycles. The molecular weight excluding hydrogens is 350 g/mol. The van der Waals surface area contributed by atoms with E-state index < -0.39 is 17.7 Å². The molecule has 1 heterocycles. The van der Waals surface area contributed by atoms with Gasteiger partial charge in [0.1, 0.15) is 11.3 Å². The quantitative estimate of drug-likeness (QED) is 0.739. The van der Waals surface area contributed by atoms with Crippen LogP contribution in [0.2, 0.25) is 0 Å². The fraction of sp³-hybridized carbons (Fsp3) is 0.375. The molecule has 0 bridgehead atoms. The van der Waals surface area contributed by atoms with Gasteiger partial charge in [-0.3, -0.25) is 0 Å². The van der Waals surface area contributed by atoms with Crippen molar-refractivity contribution in [1.29, 1.82) is 0 Å². The molecule has 1 aromatic carbocycles. The Bertz CT molecular complexity index is 728. The van der Waals surface area contributed by atoms with Crippen LogP contribution >= 0.6 is 15.9 Å². The number of hydrogen-bond donors (Lipinski definition) is 0. The van der Waals surface area contributed by atoms with Gasteiger partial charge in [0.05, 0.1) is 12.1 Å². The summed E-state index contributed by atoms with van der Waals surface area (Å²) in [6.45, 7) is 7.27. The predicted molar refractivity (Wildman–Crippen MR) is 87.2 cm³/mol. The third kappa shape index (κ3) is 3.50. The number of esters is 1. The van der Waals surface area contributed by atoms with E-state index in [1.807, 2.05) is 12.1 Å². The molecule has 22 heavy (non-hydrogen) atoms. The van der Waals surface area contributed by atoms with E-state index in [2.05, 4.69) is 15.9 Å². The van der Waals surface area contributed by atoms with E-state index in [0.29, 0.717) is 5.52 Å². The Labute approximate surface area is 137 Å². The zero-order valence-electron chi connectivity index (χ0n) is 13.0. The molecule has 0 amide bonds. The van der Waals surface area contributed by atoms with Crippen molar-refractivity contribution in [1.82, 2.24) is 4.57 Å². The Morgan fingerprint density at radius 3 is 2.50 bits per heavy atom. The fourth-order valence-corrected chi connectivity index (χ4v) is 2.38. The van der Waals surface area contributed by atoms with E-state index in [9.17, 15) is 9.59 Å². The number of nitrogens with zero attached hydrogens (tertiary/aromatic N) is 1. The third-order valence-corrected chi connectivity index (χ3v) is 3.32. The van der Waals surface area contributed by atoms with Crippen molar-refractivity contribution in [3.05, 3.63) is 34.4 Å². The molecule has 0 aliphatic carbocycles. The lowest BCUT2D eigenvalue weighted by Crippen LogP contribution is -2.29. The maximum atomic E-state index is 12.5. The Morgan fingerprint density at radius 1 is 1.23 bits per heavy atom. The van der Waals surface area contributed by atoms with E-state index in [1.54, 1.807) is 39.8 Å². The SMILES string of the molecule is CCOC(=O)c1cc2ccc(Br)cc2n1C(=O)OC(C)(C)C. The van der Waals surface area contributed by atoms with Gasteiger partial charge in [-0.05, 0) is 45.9 Å². The fourth-order valence-electron chi connectivity index (χ4n) is 2.03. The van der Waals surface area contributed by atoms with Crippen LogP contribution in [0.3, 0.4) is 0 Å². The molecule has 1 aromatic heterocycles. The average molecular weight is 368 g/mol. The summed E-state index contributed by atoms with van der Waals surface area (Å²) in [6.07, 6.45) is -0.608. The molecule has 2 aromatic rings. The third-order valence-electron chi connectivity index (χ3n) is 2.83. The maximum absolute atomic E-state index is 12.5.